The number of amides is 2. The third-order valence-corrected chi connectivity index (χ3v) is 3.72. The summed E-state index contributed by atoms with van der Waals surface area (Å²) in [4.78, 5) is 23.7. The molecule has 1 unspecified atom stereocenters. The van der Waals surface area contributed by atoms with Gasteiger partial charge < -0.3 is 15.4 Å². The second-order valence-electron chi connectivity index (χ2n) is 5.31. The van der Waals surface area contributed by atoms with Crippen LogP contribution in [0.15, 0.2) is 42.5 Å². The highest BCUT2D eigenvalue weighted by Gasteiger charge is 2.23. The quantitative estimate of drug-likeness (QED) is 0.907. The van der Waals surface area contributed by atoms with E-state index in [0.717, 1.165) is 5.56 Å². The Morgan fingerprint density at radius 3 is 2.74 bits per heavy atom. The molecule has 0 saturated heterocycles. The maximum Gasteiger partial charge on any atom is 0.265 e. The molecule has 0 saturated carbocycles. The van der Waals surface area contributed by atoms with Crippen LogP contribution in [0.2, 0.25) is 5.02 Å². The van der Waals surface area contributed by atoms with Gasteiger partial charge in [-0.2, -0.15) is 0 Å². The first-order valence-electron chi connectivity index (χ1n) is 7.17. The number of nitrogens with one attached hydrogen (secondary N) is 2. The summed E-state index contributed by atoms with van der Waals surface area (Å²) in [6.07, 6.45) is -0.276. The summed E-state index contributed by atoms with van der Waals surface area (Å²) in [5.41, 5.74) is 2.02. The molecule has 2 aromatic carbocycles. The van der Waals surface area contributed by atoms with Crippen LogP contribution in [0.1, 0.15) is 12.5 Å². The molecule has 1 heterocycles. The number of benzene rings is 2. The van der Waals surface area contributed by atoms with Crippen LogP contribution in [0.25, 0.3) is 0 Å². The van der Waals surface area contributed by atoms with Crippen molar-refractivity contribution in [1.82, 2.24) is 0 Å². The summed E-state index contributed by atoms with van der Waals surface area (Å²) in [5, 5.41) is 6.18. The van der Waals surface area contributed by atoms with Gasteiger partial charge in [0.2, 0.25) is 5.91 Å². The molecule has 6 heteroatoms. The molecule has 1 aliphatic heterocycles. The van der Waals surface area contributed by atoms with Gasteiger partial charge in [0.05, 0.1) is 12.1 Å². The van der Waals surface area contributed by atoms with Crippen LogP contribution in [-0.2, 0) is 16.0 Å². The van der Waals surface area contributed by atoms with E-state index in [1.54, 1.807) is 37.3 Å². The van der Waals surface area contributed by atoms with Crippen LogP contribution < -0.4 is 15.4 Å². The van der Waals surface area contributed by atoms with Crippen LogP contribution in [0.4, 0.5) is 11.4 Å². The molecule has 118 valence electrons. The molecule has 5 nitrogen and oxygen atoms in total. The number of hydrogen-bond donors (Lipinski definition) is 2. The molecule has 2 aromatic rings. The fraction of sp³-hybridized carbons (Fsp3) is 0.176. The number of hydrogen-bond acceptors (Lipinski definition) is 3. The van der Waals surface area contributed by atoms with E-state index in [2.05, 4.69) is 10.6 Å². The van der Waals surface area contributed by atoms with Gasteiger partial charge in [0.15, 0.2) is 6.10 Å². The standard InChI is InChI=1S/C17H15ClN2O3/c1-10-17(22)20-14-9-13(6-7-15(14)23-10)19-16(21)8-11-2-4-12(18)5-3-11/h2-7,9-10H,8H2,1H3,(H,19,21)(H,20,22). The molecule has 2 amide bonds. The van der Waals surface area contributed by atoms with Gasteiger partial charge in [-0.1, -0.05) is 23.7 Å². The summed E-state index contributed by atoms with van der Waals surface area (Å²) >= 11 is 5.82. The monoisotopic (exact) mass is 330 g/mol. The van der Waals surface area contributed by atoms with Crippen molar-refractivity contribution in [3.8, 4) is 5.75 Å². The predicted octanol–water partition coefficient (Wildman–Crippen LogP) is 3.24. The smallest absolute Gasteiger partial charge is 0.265 e. The predicted molar refractivity (Wildman–Crippen MR) is 88.9 cm³/mol. The molecule has 2 N–H and O–H groups in total. The number of fused-ring (bicyclic) bond motifs is 1. The van der Waals surface area contributed by atoms with E-state index in [-0.39, 0.29) is 18.2 Å². The van der Waals surface area contributed by atoms with Gasteiger partial charge in [-0.25, -0.2) is 0 Å². The summed E-state index contributed by atoms with van der Waals surface area (Å²) in [7, 11) is 0. The molecular formula is C17H15ClN2O3. The van der Waals surface area contributed by atoms with Crippen molar-refractivity contribution in [2.75, 3.05) is 10.6 Å². The lowest BCUT2D eigenvalue weighted by molar-refractivity contribution is -0.122. The first kappa shape index (κ1) is 15.4. The lowest BCUT2D eigenvalue weighted by Gasteiger charge is -2.23. The molecule has 0 radical (unpaired) electrons. The van der Waals surface area contributed by atoms with Crippen molar-refractivity contribution in [2.24, 2.45) is 0 Å². The van der Waals surface area contributed by atoms with E-state index in [1.807, 2.05) is 12.1 Å². The molecule has 23 heavy (non-hydrogen) atoms. The van der Waals surface area contributed by atoms with E-state index < -0.39 is 6.10 Å². The number of carbonyl (C=O) groups is 2. The van der Waals surface area contributed by atoms with Gasteiger partial charge in [-0.3, -0.25) is 9.59 Å². The van der Waals surface area contributed by atoms with Crippen LogP contribution >= 0.6 is 11.6 Å². The molecule has 3 rings (SSSR count). The van der Waals surface area contributed by atoms with Gasteiger partial charge in [0.1, 0.15) is 5.75 Å². The molecule has 0 fully saturated rings. The van der Waals surface area contributed by atoms with Crippen LogP contribution in [0.3, 0.4) is 0 Å². The molecule has 0 aromatic heterocycles. The van der Waals surface area contributed by atoms with Gasteiger partial charge in [0.25, 0.3) is 5.91 Å². The highest BCUT2D eigenvalue weighted by Crippen LogP contribution is 2.32. The third kappa shape index (κ3) is 3.63. The second-order valence-corrected chi connectivity index (χ2v) is 5.75. The summed E-state index contributed by atoms with van der Waals surface area (Å²) in [5.74, 6) is 0.235. The van der Waals surface area contributed by atoms with E-state index in [4.69, 9.17) is 16.3 Å². The Morgan fingerprint density at radius 1 is 1.26 bits per heavy atom. The summed E-state index contributed by atoms with van der Waals surface area (Å²) in [6, 6.07) is 12.3. The van der Waals surface area contributed by atoms with Gasteiger partial charge >= 0.3 is 0 Å². The van der Waals surface area contributed by atoms with Crippen LogP contribution in [0.5, 0.6) is 5.75 Å². The molecule has 1 aliphatic rings. The van der Waals surface area contributed by atoms with Crippen LogP contribution in [0, 0.1) is 0 Å². The number of ether oxygens (including phenoxy) is 1. The Balaban J connectivity index is 1.68. The Kier molecular flexibility index (Phi) is 4.21. The maximum absolute atomic E-state index is 12.1. The first-order valence-corrected chi connectivity index (χ1v) is 7.55. The van der Waals surface area contributed by atoms with E-state index in [1.165, 1.54) is 0 Å². The number of halogens is 1. The SMILES string of the molecule is CC1Oc2ccc(NC(=O)Cc3ccc(Cl)cc3)cc2NC1=O. The zero-order valence-electron chi connectivity index (χ0n) is 12.4. The zero-order valence-corrected chi connectivity index (χ0v) is 13.2. The Hall–Kier alpha value is -2.53. The minimum Gasteiger partial charge on any atom is -0.479 e. The van der Waals surface area contributed by atoms with Crippen molar-refractivity contribution in [3.05, 3.63) is 53.1 Å². The lowest BCUT2D eigenvalue weighted by atomic mass is 10.1. The van der Waals surface area contributed by atoms with Crippen molar-refractivity contribution in [3.63, 3.8) is 0 Å². The zero-order chi connectivity index (χ0) is 16.4. The van der Waals surface area contributed by atoms with Crippen molar-refractivity contribution >= 4 is 34.8 Å². The lowest BCUT2D eigenvalue weighted by Crippen LogP contribution is -2.34. The van der Waals surface area contributed by atoms with Crippen molar-refractivity contribution < 1.29 is 14.3 Å². The minimum absolute atomic E-state index is 0.149. The highest BCUT2D eigenvalue weighted by atomic mass is 35.5. The maximum atomic E-state index is 12.1. The minimum atomic E-state index is -0.521. The molecule has 0 aliphatic carbocycles. The summed E-state index contributed by atoms with van der Waals surface area (Å²) < 4.78 is 5.47. The summed E-state index contributed by atoms with van der Waals surface area (Å²) in [6.45, 7) is 1.68. The van der Waals surface area contributed by atoms with Gasteiger partial charge in [0, 0.05) is 10.7 Å². The van der Waals surface area contributed by atoms with Crippen molar-refractivity contribution in [2.45, 2.75) is 19.4 Å². The second kappa shape index (κ2) is 6.30. The van der Waals surface area contributed by atoms with E-state index in [9.17, 15) is 9.59 Å². The van der Waals surface area contributed by atoms with Crippen LogP contribution in [-0.4, -0.2) is 17.9 Å². The fourth-order valence-electron chi connectivity index (χ4n) is 2.28. The molecule has 1 atom stereocenters. The molecular weight excluding hydrogens is 316 g/mol. The Bertz CT molecular complexity index is 759. The fourth-order valence-corrected chi connectivity index (χ4v) is 2.41. The largest absolute Gasteiger partial charge is 0.479 e. The Morgan fingerprint density at radius 2 is 2.00 bits per heavy atom. The molecule has 0 bridgehead atoms. The third-order valence-electron chi connectivity index (χ3n) is 3.47. The van der Waals surface area contributed by atoms with Gasteiger partial charge in [-0.05, 0) is 42.8 Å². The highest BCUT2D eigenvalue weighted by molar-refractivity contribution is 6.30. The number of carbonyl (C=O) groups excluding carboxylic acids is 2. The van der Waals surface area contributed by atoms with E-state index in [0.29, 0.717) is 22.1 Å². The number of rotatable bonds is 3. The topological polar surface area (TPSA) is 67.4 Å². The first-order chi connectivity index (χ1) is 11.0. The Labute approximate surface area is 138 Å². The average molecular weight is 331 g/mol. The number of anilines is 2. The van der Waals surface area contributed by atoms with E-state index >= 15 is 0 Å². The molecule has 0 spiro atoms. The van der Waals surface area contributed by atoms with Gasteiger partial charge in [-0.15, -0.1) is 0 Å². The van der Waals surface area contributed by atoms with Crippen molar-refractivity contribution in [1.29, 1.82) is 0 Å². The normalized spacial score (nSPS) is 16.1. The average Bonchev–Trinajstić information content (AvgIpc) is 2.51.